The average Bonchev–Trinajstić information content (AvgIpc) is 2.65. The van der Waals surface area contributed by atoms with Crippen molar-refractivity contribution in [2.24, 2.45) is 0 Å². The Morgan fingerprint density at radius 3 is 3.00 bits per heavy atom. The van der Waals surface area contributed by atoms with E-state index in [9.17, 15) is 0 Å². The zero-order valence-corrected chi connectivity index (χ0v) is 9.15. The predicted octanol–water partition coefficient (Wildman–Crippen LogP) is 0.951. The van der Waals surface area contributed by atoms with Gasteiger partial charge in [0, 0.05) is 17.1 Å². The fourth-order valence-corrected chi connectivity index (χ4v) is 2.51. The van der Waals surface area contributed by atoms with Crippen molar-refractivity contribution in [1.29, 1.82) is 0 Å². The van der Waals surface area contributed by atoms with E-state index in [1.807, 2.05) is 18.8 Å². The van der Waals surface area contributed by atoms with Crippen molar-refractivity contribution in [3.8, 4) is 5.88 Å². The number of hydrogen-bond acceptors (Lipinski definition) is 5. The van der Waals surface area contributed by atoms with Crippen LogP contribution in [0.5, 0.6) is 5.88 Å². The summed E-state index contributed by atoms with van der Waals surface area (Å²) in [5.74, 6) is 3.50. The second-order valence-electron chi connectivity index (χ2n) is 3.10. The highest BCUT2D eigenvalue weighted by atomic mass is 32.2. The second-order valence-corrected chi connectivity index (χ2v) is 4.08. The molecule has 0 fully saturated rings. The first kappa shape index (κ1) is 9.73. The van der Waals surface area contributed by atoms with Crippen LogP contribution in [0.1, 0.15) is 17.1 Å². The third kappa shape index (κ3) is 1.69. The Labute approximate surface area is 87.5 Å². The molecule has 0 radical (unpaired) electrons. The second kappa shape index (κ2) is 4.14. The zero-order valence-electron chi connectivity index (χ0n) is 8.33. The summed E-state index contributed by atoms with van der Waals surface area (Å²) in [6.45, 7) is 0.689. The average molecular weight is 211 g/mol. The van der Waals surface area contributed by atoms with Crippen LogP contribution < -0.4 is 10.1 Å². The highest BCUT2D eigenvalue weighted by Crippen LogP contribution is 2.33. The van der Waals surface area contributed by atoms with Crippen LogP contribution in [-0.2, 0) is 18.1 Å². The molecule has 0 saturated carbocycles. The molecule has 4 nitrogen and oxygen atoms in total. The first-order valence-electron chi connectivity index (χ1n) is 4.50. The van der Waals surface area contributed by atoms with Crippen LogP contribution in [-0.4, -0.2) is 24.1 Å². The highest BCUT2D eigenvalue weighted by molar-refractivity contribution is 7.98. The van der Waals surface area contributed by atoms with Gasteiger partial charge in [-0.25, -0.2) is 4.98 Å². The molecular weight excluding hydrogens is 198 g/mol. The zero-order chi connectivity index (χ0) is 9.97. The lowest BCUT2D eigenvalue weighted by atomic mass is 10.2. The van der Waals surface area contributed by atoms with Gasteiger partial charge in [0.05, 0.1) is 19.3 Å². The molecule has 0 spiro atoms. The van der Waals surface area contributed by atoms with E-state index < -0.39 is 0 Å². The van der Waals surface area contributed by atoms with Gasteiger partial charge >= 0.3 is 0 Å². The van der Waals surface area contributed by atoms with E-state index in [1.165, 1.54) is 0 Å². The quantitative estimate of drug-likeness (QED) is 0.806. The first-order valence-corrected chi connectivity index (χ1v) is 5.65. The summed E-state index contributed by atoms with van der Waals surface area (Å²) >= 11 is 1.86. The maximum absolute atomic E-state index is 5.25. The van der Waals surface area contributed by atoms with E-state index in [2.05, 4.69) is 15.3 Å². The van der Waals surface area contributed by atoms with Crippen LogP contribution in [0.4, 0.5) is 0 Å². The van der Waals surface area contributed by atoms with E-state index >= 15 is 0 Å². The molecule has 0 atom stereocenters. The topological polar surface area (TPSA) is 47.0 Å². The number of nitrogens with zero attached hydrogens (tertiary/aromatic N) is 2. The Morgan fingerprint density at radius 1 is 1.43 bits per heavy atom. The summed E-state index contributed by atoms with van der Waals surface area (Å²) in [6, 6.07) is 0. The fourth-order valence-electron chi connectivity index (χ4n) is 1.48. The number of nitrogens with one attached hydrogen (secondary N) is 1. The molecule has 2 heterocycles. The van der Waals surface area contributed by atoms with Gasteiger partial charge in [0.1, 0.15) is 5.82 Å². The van der Waals surface area contributed by atoms with Gasteiger partial charge < -0.3 is 10.1 Å². The molecule has 1 aromatic heterocycles. The van der Waals surface area contributed by atoms with Gasteiger partial charge in [0.2, 0.25) is 5.88 Å². The molecule has 0 saturated heterocycles. The lowest BCUT2D eigenvalue weighted by Crippen LogP contribution is -2.11. The molecule has 0 amide bonds. The summed E-state index contributed by atoms with van der Waals surface area (Å²) in [5, 5.41) is 3.04. The molecule has 1 aliphatic heterocycles. The molecule has 2 rings (SSSR count). The predicted molar refractivity (Wildman–Crippen MR) is 56.3 cm³/mol. The highest BCUT2D eigenvalue weighted by Gasteiger charge is 2.19. The molecule has 1 N–H and O–H groups in total. The van der Waals surface area contributed by atoms with Crippen LogP contribution in [0.3, 0.4) is 0 Å². The first-order chi connectivity index (χ1) is 6.85. The van der Waals surface area contributed by atoms with Gasteiger partial charge in [-0.2, -0.15) is 16.7 Å². The third-order valence-electron chi connectivity index (χ3n) is 2.11. The fraction of sp³-hybridized carbons (Fsp3) is 0.556. The van der Waals surface area contributed by atoms with Gasteiger partial charge in [-0.05, 0) is 7.05 Å². The molecule has 0 aromatic carbocycles. The summed E-state index contributed by atoms with van der Waals surface area (Å²) in [6.07, 6.45) is 0. The van der Waals surface area contributed by atoms with Crippen LogP contribution in [0, 0.1) is 0 Å². The number of hydrogen-bond donors (Lipinski definition) is 1. The van der Waals surface area contributed by atoms with Gasteiger partial charge in [-0.3, -0.25) is 0 Å². The standard InChI is InChI=1S/C9H13N3OS/c1-10-3-8-11-7-5-14-4-6(7)9(12-8)13-2/h10H,3-5H2,1-2H3. The molecule has 14 heavy (non-hydrogen) atoms. The van der Waals surface area contributed by atoms with Gasteiger partial charge in [-0.15, -0.1) is 0 Å². The van der Waals surface area contributed by atoms with Crippen molar-refractivity contribution in [3.63, 3.8) is 0 Å². The number of rotatable bonds is 3. The van der Waals surface area contributed by atoms with Gasteiger partial charge in [-0.1, -0.05) is 0 Å². The van der Waals surface area contributed by atoms with Crippen LogP contribution in [0.15, 0.2) is 0 Å². The number of methoxy groups -OCH3 is 1. The summed E-state index contributed by atoms with van der Waals surface area (Å²) in [5.41, 5.74) is 2.30. The summed E-state index contributed by atoms with van der Waals surface area (Å²) in [7, 11) is 3.55. The minimum Gasteiger partial charge on any atom is -0.481 e. The number of ether oxygens (including phenoxy) is 1. The molecule has 0 unspecified atom stereocenters. The molecule has 1 aliphatic rings. The lowest BCUT2D eigenvalue weighted by molar-refractivity contribution is 0.390. The molecule has 0 bridgehead atoms. The van der Waals surface area contributed by atoms with E-state index in [1.54, 1.807) is 7.11 Å². The monoisotopic (exact) mass is 211 g/mol. The molecular formula is C9H13N3OS. The van der Waals surface area contributed by atoms with Crippen molar-refractivity contribution < 1.29 is 4.74 Å². The van der Waals surface area contributed by atoms with E-state index in [-0.39, 0.29) is 0 Å². The number of thioether (sulfide) groups is 1. The lowest BCUT2D eigenvalue weighted by Gasteiger charge is -2.07. The maximum Gasteiger partial charge on any atom is 0.220 e. The molecule has 76 valence electrons. The van der Waals surface area contributed by atoms with Crippen LogP contribution >= 0.6 is 11.8 Å². The SMILES string of the molecule is CNCc1nc2c(c(OC)n1)CSC2. The molecule has 5 heteroatoms. The smallest absolute Gasteiger partial charge is 0.220 e. The Bertz CT molecular complexity index is 343. The van der Waals surface area contributed by atoms with E-state index in [4.69, 9.17) is 4.74 Å². The maximum atomic E-state index is 5.25. The van der Waals surface area contributed by atoms with E-state index in [0.717, 1.165) is 34.5 Å². The molecule has 1 aromatic rings. The third-order valence-corrected chi connectivity index (χ3v) is 3.08. The van der Waals surface area contributed by atoms with Gasteiger partial charge in [0.25, 0.3) is 0 Å². The number of fused-ring (bicyclic) bond motifs is 1. The van der Waals surface area contributed by atoms with Crippen LogP contribution in [0.25, 0.3) is 0 Å². The van der Waals surface area contributed by atoms with Crippen LogP contribution in [0.2, 0.25) is 0 Å². The Morgan fingerprint density at radius 2 is 2.29 bits per heavy atom. The largest absolute Gasteiger partial charge is 0.481 e. The normalized spacial score (nSPS) is 14.1. The Hall–Kier alpha value is -0.810. The molecule has 0 aliphatic carbocycles. The van der Waals surface area contributed by atoms with Crippen molar-refractivity contribution in [2.75, 3.05) is 14.2 Å². The van der Waals surface area contributed by atoms with Crippen molar-refractivity contribution in [2.45, 2.75) is 18.1 Å². The van der Waals surface area contributed by atoms with Crippen molar-refractivity contribution in [3.05, 3.63) is 17.1 Å². The number of aromatic nitrogens is 2. The van der Waals surface area contributed by atoms with Crippen molar-refractivity contribution >= 4 is 11.8 Å². The Balaban J connectivity index is 2.39. The van der Waals surface area contributed by atoms with Gasteiger partial charge in [0.15, 0.2) is 0 Å². The minimum atomic E-state index is 0.689. The summed E-state index contributed by atoms with van der Waals surface area (Å²) in [4.78, 5) is 8.82. The summed E-state index contributed by atoms with van der Waals surface area (Å²) < 4.78 is 5.25. The van der Waals surface area contributed by atoms with E-state index in [0.29, 0.717) is 6.54 Å². The Kier molecular flexibility index (Phi) is 2.88. The van der Waals surface area contributed by atoms with Crippen molar-refractivity contribution in [1.82, 2.24) is 15.3 Å². The minimum absolute atomic E-state index is 0.689.